The molecular formula is C21H18N2O5. The van der Waals surface area contributed by atoms with Crippen LogP contribution in [0.2, 0.25) is 0 Å². The Morgan fingerprint density at radius 1 is 1.04 bits per heavy atom. The highest BCUT2D eigenvalue weighted by molar-refractivity contribution is 5.99. The number of fused-ring (bicyclic) bond motifs is 1. The van der Waals surface area contributed by atoms with E-state index in [2.05, 4.69) is 5.32 Å². The molecule has 3 rings (SSSR count). The number of anilines is 1. The number of amides is 1. The first-order valence-electron chi connectivity index (χ1n) is 8.61. The first-order chi connectivity index (χ1) is 13.4. The second kappa shape index (κ2) is 7.87. The lowest BCUT2D eigenvalue weighted by Gasteiger charge is -2.14. The smallest absolute Gasteiger partial charge is 0.339 e. The Morgan fingerprint density at radius 2 is 1.75 bits per heavy atom. The van der Waals surface area contributed by atoms with E-state index in [4.69, 9.17) is 4.74 Å². The zero-order chi connectivity index (χ0) is 20.3. The fourth-order valence-electron chi connectivity index (χ4n) is 2.83. The second-order valence-corrected chi connectivity index (χ2v) is 6.31. The van der Waals surface area contributed by atoms with E-state index in [0.717, 1.165) is 10.8 Å². The molecule has 0 fully saturated rings. The number of benzene rings is 3. The van der Waals surface area contributed by atoms with Crippen molar-refractivity contribution < 1.29 is 19.2 Å². The average molecular weight is 378 g/mol. The molecule has 0 aromatic heterocycles. The van der Waals surface area contributed by atoms with Gasteiger partial charge in [-0.25, -0.2) is 4.79 Å². The molecule has 1 atom stereocenters. The van der Waals surface area contributed by atoms with E-state index in [0.29, 0.717) is 5.69 Å². The highest BCUT2D eigenvalue weighted by Gasteiger charge is 2.23. The van der Waals surface area contributed by atoms with E-state index in [1.54, 1.807) is 6.07 Å². The second-order valence-electron chi connectivity index (χ2n) is 6.31. The molecule has 7 heteroatoms. The number of rotatable bonds is 5. The number of hydrogen-bond donors (Lipinski definition) is 1. The number of ether oxygens (including phenoxy) is 1. The van der Waals surface area contributed by atoms with Crippen LogP contribution >= 0.6 is 0 Å². The fraction of sp³-hybridized carbons (Fsp3) is 0.143. The molecule has 0 heterocycles. The van der Waals surface area contributed by atoms with Gasteiger partial charge in [0, 0.05) is 17.3 Å². The largest absolute Gasteiger partial charge is 0.449 e. The Balaban J connectivity index is 1.70. The number of nitrogens with one attached hydrogen (secondary N) is 1. The summed E-state index contributed by atoms with van der Waals surface area (Å²) in [6.45, 7) is 2.91. The predicted octanol–water partition coefficient (Wildman–Crippen LogP) is 4.24. The standard InChI is InChI=1S/C21H18N2O5/c1-13-18(8-5-9-19(13)23(26)27)21(25)28-14(2)20(24)22-17-11-10-15-6-3-4-7-16(15)12-17/h3-12,14H,1-2H3,(H,22,24). The van der Waals surface area contributed by atoms with Gasteiger partial charge >= 0.3 is 5.97 Å². The molecular weight excluding hydrogens is 360 g/mol. The number of nitro groups is 1. The van der Waals surface area contributed by atoms with Crippen molar-refractivity contribution >= 4 is 34.0 Å². The summed E-state index contributed by atoms with van der Waals surface area (Å²) >= 11 is 0. The molecule has 3 aromatic rings. The highest BCUT2D eigenvalue weighted by Crippen LogP contribution is 2.22. The lowest BCUT2D eigenvalue weighted by molar-refractivity contribution is -0.385. The van der Waals surface area contributed by atoms with Gasteiger partial charge in [-0.2, -0.15) is 0 Å². The third-order valence-electron chi connectivity index (χ3n) is 4.39. The van der Waals surface area contributed by atoms with Gasteiger partial charge in [-0.1, -0.05) is 36.4 Å². The monoisotopic (exact) mass is 378 g/mol. The molecule has 0 radical (unpaired) electrons. The molecule has 28 heavy (non-hydrogen) atoms. The summed E-state index contributed by atoms with van der Waals surface area (Å²) in [6, 6.07) is 17.3. The molecule has 3 aromatic carbocycles. The zero-order valence-electron chi connectivity index (χ0n) is 15.3. The van der Waals surface area contributed by atoms with Crippen molar-refractivity contribution in [2.45, 2.75) is 20.0 Å². The van der Waals surface area contributed by atoms with Gasteiger partial charge in [0.25, 0.3) is 11.6 Å². The number of carbonyl (C=O) groups is 2. The molecule has 0 aliphatic heterocycles. The quantitative estimate of drug-likeness (QED) is 0.407. The van der Waals surface area contributed by atoms with Crippen LogP contribution in [0.3, 0.4) is 0 Å². The van der Waals surface area contributed by atoms with E-state index in [1.165, 1.54) is 32.0 Å². The lowest BCUT2D eigenvalue weighted by Crippen LogP contribution is -2.30. The maximum Gasteiger partial charge on any atom is 0.339 e. The lowest BCUT2D eigenvalue weighted by atomic mass is 10.1. The summed E-state index contributed by atoms with van der Waals surface area (Å²) < 4.78 is 5.20. The van der Waals surface area contributed by atoms with E-state index in [1.807, 2.05) is 36.4 Å². The Hall–Kier alpha value is -3.74. The van der Waals surface area contributed by atoms with Crippen molar-refractivity contribution in [3.63, 3.8) is 0 Å². The minimum Gasteiger partial charge on any atom is -0.449 e. The van der Waals surface area contributed by atoms with Crippen molar-refractivity contribution in [3.05, 3.63) is 81.9 Å². The highest BCUT2D eigenvalue weighted by atomic mass is 16.6. The first-order valence-corrected chi connectivity index (χ1v) is 8.61. The topological polar surface area (TPSA) is 98.5 Å². The van der Waals surface area contributed by atoms with Crippen molar-refractivity contribution in [1.29, 1.82) is 0 Å². The van der Waals surface area contributed by atoms with Crippen LogP contribution in [0.15, 0.2) is 60.7 Å². The Bertz CT molecular complexity index is 1080. The summed E-state index contributed by atoms with van der Waals surface area (Å²) in [7, 11) is 0. The molecule has 7 nitrogen and oxygen atoms in total. The number of nitrogens with zero attached hydrogens (tertiary/aromatic N) is 1. The number of nitro benzene ring substituents is 1. The van der Waals surface area contributed by atoms with Crippen LogP contribution in [0.5, 0.6) is 0 Å². The SMILES string of the molecule is Cc1c(C(=O)OC(C)C(=O)Nc2ccc3ccccc3c2)cccc1[N+](=O)[O-]. The number of hydrogen-bond acceptors (Lipinski definition) is 5. The van der Waals surface area contributed by atoms with Crippen LogP contribution in [0, 0.1) is 17.0 Å². The molecule has 1 unspecified atom stereocenters. The summed E-state index contributed by atoms with van der Waals surface area (Å²) in [5, 5.41) is 15.7. The van der Waals surface area contributed by atoms with Crippen LogP contribution in [-0.2, 0) is 9.53 Å². The van der Waals surface area contributed by atoms with Crippen LogP contribution in [0.1, 0.15) is 22.8 Å². The molecule has 0 bridgehead atoms. The average Bonchev–Trinajstić information content (AvgIpc) is 2.67. The van der Waals surface area contributed by atoms with Gasteiger partial charge in [0.1, 0.15) is 0 Å². The van der Waals surface area contributed by atoms with Crippen LogP contribution < -0.4 is 5.32 Å². The van der Waals surface area contributed by atoms with Crippen molar-refractivity contribution in [2.75, 3.05) is 5.32 Å². The molecule has 0 aliphatic carbocycles. The Morgan fingerprint density at radius 3 is 2.46 bits per heavy atom. The van der Waals surface area contributed by atoms with Crippen LogP contribution in [0.25, 0.3) is 10.8 Å². The third-order valence-corrected chi connectivity index (χ3v) is 4.39. The van der Waals surface area contributed by atoms with E-state index in [-0.39, 0.29) is 16.8 Å². The predicted molar refractivity (Wildman–Crippen MR) is 105 cm³/mol. The molecule has 0 aliphatic rings. The van der Waals surface area contributed by atoms with E-state index < -0.39 is 22.9 Å². The van der Waals surface area contributed by atoms with Gasteiger partial charge in [0.2, 0.25) is 0 Å². The fourth-order valence-corrected chi connectivity index (χ4v) is 2.83. The van der Waals surface area contributed by atoms with E-state index >= 15 is 0 Å². The van der Waals surface area contributed by atoms with Crippen molar-refractivity contribution in [2.24, 2.45) is 0 Å². The zero-order valence-corrected chi connectivity index (χ0v) is 15.3. The Labute approximate surface area is 161 Å². The molecule has 0 saturated heterocycles. The first kappa shape index (κ1) is 19.0. The molecule has 0 saturated carbocycles. The Kier molecular flexibility index (Phi) is 5.35. The maximum atomic E-state index is 12.4. The number of carbonyl (C=O) groups excluding carboxylic acids is 2. The van der Waals surface area contributed by atoms with Crippen molar-refractivity contribution in [3.8, 4) is 0 Å². The summed E-state index contributed by atoms with van der Waals surface area (Å²) in [5.41, 5.74) is 0.653. The molecule has 142 valence electrons. The van der Waals surface area contributed by atoms with Crippen LogP contribution in [-0.4, -0.2) is 22.9 Å². The van der Waals surface area contributed by atoms with Gasteiger partial charge in [-0.3, -0.25) is 14.9 Å². The van der Waals surface area contributed by atoms with Crippen molar-refractivity contribution in [1.82, 2.24) is 0 Å². The third kappa shape index (κ3) is 3.98. The summed E-state index contributed by atoms with van der Waals surface area (Å²) in [6.07, 6.45) is -1.07. The van der Waals surface area contributed by atoms with E-state index in [9.17, 15) is 19.7 Å². The van der Waals surface area contributed by atoms with Gasteiger partial charge in [-0.05, 0) is 42.8 Å². The molecule has 0 spiro atoms. The summed E-state index contributed by atoms with van der Waals surface area (Å²) in [5.74, 6) is -1.28. The summed E-state index contributed by atoms with van der Waals surface area (Å²) in [4.78, 5) is 35.2. The minimum absolute atomic E-state index is 0.0551. The normalized spacial score (nSPS) is 11.6. The molecule has 1 amide bonds. The minimum atomic E-state index is -1.07. The van der Waals surface area contributed by atoms with Gasteiger partial charge in [0.05, 0.1) is 10.5 Å². The number of esters is 1. The molecule has 1 N–H and O–H groups in total. The van der Waals surface area contributed by atoms with Crippen LogP contribution in [0.4, 0.5) is 11.4 Å². The van der Waals surface area contributed by atoms with Gasteiger partial charge in [0.15, 0.2) is 6.10 Å². The maximum absolute atomic E-state index is 12.4. The van der Waals surface area contributed by atoms with Gasteiger partial charge < -0.3 is 10.1 Å². The van der Waals surface area contributed by atoms with Gasteiger partial charge in [-0.15, -0.1) is 0 Å².